The molecule has 0 bridgehead atoms. The molecule has 1 aliphatic carbocycles. The van der Waals surface area contributed by atoms with Crippen molar-refractivity contribution in [2.75, 3.05) is 31.5 Å². The number of rotatable bonds is 6. The van der Waals surface area contributed by atoms with E-state index in [1.807, 2.05) is 24.3 Å². The quantitative estimate of drug-likeness (QED) is 0.546. The van der Waals surface area contributed by atoms with Crippen LogP contribution in [0.3, 0.4) is 0 Å². The minimum absolute atomic E-state index is 0.0543. The van der Waals surface area contributed by atoms with Gasteiger partial charge in [-0.3, -0.25) is 14.5 Å². The van der Waals surface area contributed by atoms with E-state index in [9.17, 15) is 22.8 Å². The van der Waals surface area contributed by atoms with Crippen molar-refractivity contribution in [1.29, 1.82) is 0 Å². The molecule has 194 valence electrons. The molecule has 1 aliphatic heterocycles. The molecule has 2 amide bonds. The molecule has 1 heterocycles. The molecule has 0 unspecified atom stereocenters. The number of nitrogens with one attached hydrogen (secondary N) is 1. The van der Waals surface area contributed by atoms with Crippen LogP contribution in [0.25, 0.3) is 0 Å². The van der Waals surface area contributed by atoms with Gasteiger partial charge in [-0.15, -0.1) is 0 Å². The first-order valence-corrected chi connectivity index (χ1v) is 12.8. The topological polar surface area (TPSA) is 52.7 Å². The van der Waals surface area contributed by atoms with Crippen LogP contribution in [0.4, 0.5) is 18.9 Å². The summed E-state index contributed by atoms with van der Waals surface area (Å²) in [5.74, 6) is -0.0349. The summed E-state index contributed by atoms with van der Waals surface area (Å²) in [7, 11) is 0. The molecule has 8 heteroatoms. The van der Waals surface area contributed by atoms with Crippen LogP contribution in [-0.2, 0) is 11.0 Å². The van der Waals surface area contributed by atoms with E-state index in [0.29, 0.717) is 19.0 Å². The highest BCUT2D eigenvalue weighted by Gasteiger charge is 2.39. The lowest BCUT2D eigenvalue weighted by Crippen LogP contribution is -2.57. The summed E-state index contributed by atoms with van der Waals surface area (Å²) < 4.78 is 40.3. The van der Waals surface area contributed by atoms with Crippen molar-refractivity contribution in [2.45, 2.75) is 57.7 Å². The summed E-state index contributed by atoms with van der Waals surface area (Å²) in [4.78, 5) is 30.0. The number of carbonyl (C=O) groups is 2. The lowest BCUT2D eigenvalue weighted by Gasteiger charge is -2.41. The molecule has 1 saturated heterocycles. The molecule has 36 heavy (non-hydrogen) atoms. The van der Waals surface area contributed by atoms with E-state index in [1.165, 1.54) is 28.7 Å². The second-order valence-corrected chi connectivity index (χ2v) is 10.1. The first-order valence-electron chi connectivity index (χ1n) is 12.8. The number of halogens is 3. The SMILES string of the molecule is CC(C)c1ccc(NC(=O)[C@H](C2CCCC2)N2CCN(C(=O)c3ccccc3C(F)(F)F)CC2)cc1. The molecule has 2 aliphatic rings. The number of amides is 2. The highest BCUT2D eigenvalue weighted by molar-refractivity contribution is 5.96. The standard InChI is InChI=1S/C28H34F3N3O2/c1-19(2)20-11-13-22(14-12-20)32-26(35)25(21-7-3-4-8-21)33-15-17-34(18-16-33)27(36)23-9-5-6-10-24(23)28(29,30)31/h5-6,9-14,19,21,25H,3-4,7-8,15-18H2,1-2H3,(H,32,35)/t25-/m0/s1. The Bertz CT molecular complexity index is 1050. The number of piperazine rings is 1. The molecule has 4 rings (SSSR count). The Morgan fingerprint density at radius 2 is 1.53 bits per heavy atom. The van der Waals surface area contributed by atoms with E-state index in [-0.39, 0.29) is 36.5 Å². The van der Waals surface area contributed by atoms with Crippen LogP contribution < -0.4 is 5.32 Å². The first-order chi connectivity index (χ1) is 17.1. The summed E-state index contributed by atoms with van der Waals surface area (Å²) in [6.45, 7) is 5.70. The number of nitrogens with zero attached hydrogens (tertiary/aromatic N) is 2. The molecule has 1 N–H and O–H groups in total. The lowest BCUT2D eigenvalue weighted by atomic mass is 9.94. The van der Waals surface area contributed by atoms with Crippen molar-refractivity contribution >= 4 is 17.5 Å². The first kappa shape index (κ1) is 26.2. The number of carbonyl (C=O) groups excluding carboxylic acids is 2. The fourth-order valence-corrected chi connectivity index (χ4v) is 5.41. The van der Waals surface area contributed by atoms with Crippen molar-refractivity contribution in [3.8, 4) is 0 Å². The van der Waals surface area contributed by atoms with Crippen LogP contribution in [0.1, 0.15) is 66.9 Å². The summed E-state index contributed by atoms with van der Waals surface area (Å²) in [5.41, 5.74) is 0.718. The Balaban J connectivity index is 1.45. The number of hydrogen-bond donors (Lipinski definition) is 1. The summed E-state index contributed by atoms with van der Waals surface area (Å²) >= 11 is 0. The highest BCUT2D eigenvalue weighted by Crippen LogP contribution is 2.34. The molecular weight excluding hydrogens is 467 g/mol. The van der Waals surface area contributed by atoms with E-state index >= 15 is 0 Å². The minimum Gasteiger partial charge on any atom is -0.336 e. The Labute approximate surface area is 210 Å². The third kappa shape index (κ3) is 5.91. The van der Waals surface area contributed by atoms with Gasteiger partial charge in [0, 0.05) is 31.9 Å². The van der Waals surface area contributed by atoms with Crippen LogP contribution in [0.15, 0.2) is 48.5 Å². The van der Waals surface area contributed by atoms with Crippen LogP contribution in [-0.4, -0.2) is 53.8 Å². The van der Waals surface area contributed by atoms with E-state index in [4.69, 9.17) is 0 Å². The molecule has 1 atom stereocenters. The monoisotopic (exact) mass is 501 g/mol. The molecule has 5 nitrogen and oxygen atoms in total. The van der Waals surface area contributed by atoms with Crippen LogP contribution in [0, 0.1) is 5.92 Å². The number of benzene rings is 2. The van der Waals surface area contributed by atoms with Gasteiger partial charge in [0.15, 0.2) is 0 Å². The maximum atomic E-state index is 13.5. The molecule has 2 fully saturated rings. The third-order valence-corrected chi connectivity index (χ3v) is 7.42. The van der Waals surface area contributed by atoms with Gasteiger partial charge >= 0.3 is 6.18 Å². The fourth-order valence-electron chi connectivity index (χ4n) is 5.41. The molecule has 0 radical (unpaired) electrons. The zero-order chi connectivity index (χ0) is 25.9. The molecule has 2 aromatic rings. The number of hydrogen-bond acceptors (Lipinski definition) is 3. The molecular formula is C28H34F3N3O2. The summed E-state index contributed by atoms with van der Waals surface area (Å²) in [5, 5.41) is 3.08. The van der Waals surface area contributed by atoms with Gasteiger partial charge in [0.2, 0.25) is 5.91 Å². The number of alkyl halides is 3. The maximum Gasteiger partial charge on any atom is 0.417 e. The molecule has 0 spiro atoms. The van der Waals surface area contributed by atoms with Gasteiger partial charge in [-0.05, 0) is 54.5 Å². The molecule has 2 aromatic carbocycles. The maximum absolute atomic E-state index is 13.5. The Kier molecular flexibility index (Phi) is 8.03. The Morgan fingerprint density at radius 1 is 0.917 bits per heavy atom. The van der Waals surface area contributed by atoms with E-state index in [1.54, 1.807) is 0 Å². The van der Waals surface area contributed by atoms with Gasteiger partial charge in [-0.1, -0.05) is 51.0 Å². The zero-order valence-electron chi connectivity index (χ0n) is 20.9. The van der Waals surface area contributed by atoms with Crippen molar-refractivity contribution in [3.05, 3.63) is 65.2 Å². The Morgan fingerprint density at radius 3 is 2.11 bits per heavy atom. The lowest BCUT2D eigenvalue weighted by molar-refractivity contribution is -0.138. The van der Waals surface area contributed by atoms with Gasteiger partial charge in [-0.25, -0.2) is 0 Å². The largest absolute Gasteiger partial charge is 0.417 e. The van der Waals surface area contributed by atoms with Crippen LogP contribution >= 0.6 is 0 Å². The molecule has 0 aromatic heterocycles. The van der Waals surface area contributed by atoms with E-state index in [0.717, 1.165) is 37.4 Å². The van der Waals surface area contributed by atoms with E-state index in [2.05, 4.69) is 24.1 Å². The second-order valence-electron chi connectivity index (χ2n) is 10.1. The predicted molar refractivity (Wildman–Crippen MR) is 134 cm³/mol. The highest BCUT2D eigenvalue weighted by atomic mass is 19.4. The zero-order valence-corrected chi connectivity index (χ0v) is 20.9. The summed E-state index contributed by atoms with van der Waals surface area (Å²) in [6.07, 6.45) is -0.466. The van der Waals surface area contributed by atoms with Crippen molar-refractivity contribution < 1.29 is 22.8 Å². The van der Waals surface area contributed by atoms with Gasteiger partial charge in [0.25, 0.3) is 5.91 Å². The third-order valence-electron chi connectivity index (χ3n) is 7.42. The minimum atomic E-state index is -4.59. The predicted octanol–water partition coefficient (Wildman–Crippen LogP) is 5.78. The van der Waals surface area contributed by atoms with Crippen LogP contribution in [0.5, 0.6) is 0 Å². The van der Waals surface area contributed by atoms with Gasteiger partial charge < -0.3 is 10.2 Å². The average Bonchev–Trinajstić information content (AvgIpc) is 3.38. The second kappa shape index (κ2) is 11.0. The van der Waals surface area contributed by atoms with Gasteiger partial charge in [0.1, 0.15) is 0 Å². The molecule has 1 saturated carbocycles. The smallest absolute Gasteiger partial charge is 0.336 e. The Hall–Kier alpha value is -2.87. The van der Waals surface area contributed by atoms with Crippen molar-refractivity contribution in [3.63, 3.8) is 0 Å². The van der Waals surface area contributed by atoms with Gasteiger partial charge in [-0.2, -0.15) is 13.2 Å². The average molecular weight is 502 g/mol. The normalized spacial score (nSPS) is 18.4. The van der Waals surface area contributed by atoms with Crippen LogP contribution in [0.2, 0.25) is 0 Å². The van der Waals surface area contributed by atoms with Crippen molar-refractivity contribution in [1.82, 2.24) is 9.80 Å². The van der Waals surface area contributed by atoms with E-state index < -0.39 is 17.6 Å². The fraction of sp³-hybridized carbons (Fsp3) is 0.500. The van der Waals surface area contributed by atoms with Gasteiger partial charge in [0.05, 0.1) is 17.2 Å². The van der Waals surface area contributed by atoms with Crippen molar-refractivity contribution in [2.24, 2.45) is 5.92 Å². The number of anilines is 1. The summed E-state index contributed by atoms with van der Waals surface area (Å²) in [6, 6.07) is 12.5.